The summed E-state index contributed by atoms with van der Waals surface area (Å²) in [5.74, 6) is -0.576. The highest BCUT2D eigenvalue weighted by Crippen LogP contribution is 2.30. The van der Waals surface area contributed by atoms with Gasteiger partial charge in [0.25, 0.3) is 5.91 Å². The van der Waals surface area contributed by atoms with Crippen LogP contribution in [-0.4, -0.2) is 25.7 Å². The highest BCUT2D eigenvalue weighted by molar-refractivity contribution is 5.95. The predicted octanol–water partition coefficient (Wildman–Crippen LogP) is 2.92. The van der Waals surface area contributed by atoms with Crippen LogP contribution >= 0.6 is 0 Å². The second kappa shape index (κ2) is 8.01. The first kappa shape index (κ1) is 20.5. The topological polar surface area (TPSA) is 120 Å². The van der Waals surface area contributed by atoms with Crippen LogP contribution in [0.2, 0.25) is 0 Å². The number of nitriles is 2. The molecule has 1 amide bonds. The fourth-order valence-electron chi connectivity index (χ4n) is 2.66. The number of rotatable bonds is 4. The van der Waals surface area contributed by atoms with Gasteiger partial charge in [-0.3, -0.25) is 9.78 Å². The van der Waals surface area contributed by atoms with Gasteiger partial charge in [-0.25, -0.2) is 9.67 Å². The van der Waals surface area contributed by atoms with Crippen molar-refractivity contribution < 1.29 is 18.0 Å². The molecule has 3 aromatic rings. The lowest BCUT2D eigenvalue weighted by atomic mass is 10.0. The molecule has 30 heavy (non-hydrogen) atoms. The van der Waals surface area contributed by atoms with E-state index in [1.165, 1.54) is 29.5 Å². The zero-order chi connectivity index (χ0) is 21.9. The first-order valence-corrected chi connectivity index (χ1v) is 8.42. The molecule has 0 aliphatic heterocycles. The van der Waals surface area contributed by atoms with Gasteiger partial charge in [0, 0.05) is 18.0 Å². The molecule has 3 rings (SSSR count). The summed E-state index contributed by atoms with van der Waals surface area (Å²) < 4.78 is 40.5. The third-order valence-corrected chi connectivity index (χ3v) is 4.04. The number of hydrogen-bond acceptors (Lipinski definition) is 6. The molecule has 2 aromatic heterocycles. The second-order valence-electron chi connectivity index (χ2n) is 6.15. The number of benzene rings is 1. The molecule has 1 N–H and O–H groups in total. The molecule has 1 atom stereocenters. The minimum absolute atomic E-state index is 0.244. The average Bonchev–Trinajstić information content (AvgIpc) is 3.21. The lowest BCUT2D eigenvalue weighted by molar-refractivity contribution is -0.137. The highest BCUT2D eigenvalue weighted by atomic mass is 19.4. The van der Waals surface area contributed by atoms with Crippen molar-refractivity contribution in [3.63, 3.8) is 0 Å². The Morgan fingerprint density at radius 3 is 2.47 bits per heavy atom. The van der Waals surface area contributed by atoms with Crippen molar-refractivity contribution in [2.45, 2.75) is 19.1 Å². The molecule has 0 saturated carbocycles. The standard InChI is InChI=1S/C19H12F3N7O/c1-11(16-17(26-3-2-25-16)29-10-13(8-24)9-27-29)28-18(30)14-4-12(7-23)5-15(6-14)19(20,21)22/h2-6,9-11H,1H3,(H,28,30). The number of nitrogens with zero attached hydrogens (tertiary/aromatic N) is 6. The van der Waals surface area contributed by atoms with Crippen LogP contribution in [0.5, 0.6) is 0 Å². The van der Waals surface area contributed by atoms with Crippen molar-refractivity contribution in [3.05, 3.63) is 70.9 Å². The number of nitrogens with one attached hydrogen (secondary N) is 1. The number of hydrogen-bond donors (Lipinski definition) is 1. The molecule has 0 aliphatic carbocycles. The van der Waals surface area contributed by atoms with Crippen LogP contribution in [0.3, 0.4) is 0 Å². The first-order chi connectivity index (χ1) is 14.2. The third-order valence-electron chi connectivity index (χ3n) is 4.04. The molecule has 150 valence electrons. The van der Waals surface area contributed by atoms with E-state index in [4.69, 9.17) is 10.5 Å². The third kappa shape index (κ3) is 4.25. The number of aromatic nitrogens is 4. The largest absolute Gasteiger partial charge is 0.416 e. The van der Waals surface area contributed by atoms with Crippen LogP contribution in [0.25, 0.3) is 5.82 Å². The van der Waals surface area contributed by atoms with Gasteiger partial charge >= 0.3 is 6.18 Å². The summed E-state index contributed by atoms with van der Waals surface area (Å²) in [6.45, 7) is 1.57. The van der Waals surface area contributed by atoms with Gasteiger partial charge in [-0.2, -0.15) is 28.8 Å². The molecular formula is C19H12F3N7O. The Hall–Kier alpha value is -4.25. The van der Waals surface area contributed by atoms with Gasteiger partial charge < -0.3 is 5.32 Å². The molecule has 11 heteroatoms. The Bertz CT molecular complexity index is 1190. The minimum Gasteiger partial charge on any atom is -0.344 e. The van der Waals surface area contributed by atoms with Crippen molar-refractivity contribution in [3.8, 4) is 18.0 Å². The van der Waals surface area contributed by atoms with Crippen LogP contribution in [0, 0.1) is 22.7 Å². The van der Waals surface area contributed by atoms with E-state index in [0.717, 1.165) is 6.07 Å². The Morgan fingerprint density at radius 1 is 1.13 bits per heavy atom. The van der Waals surface area contributed by atoms with Crippen molar-refractivity contribution in [1.82, 2.24) is 25.1 Å². The van der Waals surface area contributed by atoms with E-state index in [1.54, 1.807) is 13.0 Å². The van der Waals surface area contributed by atoms with Crippen LogP contribution < -0.4 is 5.32 Å². The zero-order valence-corrected chi connectivity index (χ0v) is 15.3. The molecule has 0 radical (unpaired) electrons. The quantitative estimate of drug-likeness (QED) is 0.705. The number of carbonyl (C=O) groups excluding carboxylic acids is 1. The van der Waals surface area contributed by atoms with E-state index < -0.39 is 23.7 Å². The van der Waals surface area contributed by atoms with E-state index >= 15 is 0 Å². The Balaban J connectivity index is 1.91. The van der Waals surface area contributed by atoms with Gasteiger partial charge in [0.2, 0.25) is 0 Å². The lowest BCUT2D eigenvalue weighted by Crippen LogP contribution is -2.29. The van der Waals surface area contributed by atoms with Crippen LogP contribution in [0.15, 0.2) is 43.0 Å². The predicted molar refractivity (Wildman–Crippen MR) is 95.9 cm³/mol. The number of amides is 1. The van der Waals surface area contributed by atoms with Gasteiger partial charge in [-0.1, -0.05) is 0 Å². The summed E-state index contributed by atoms with van der Waals surface area (Å²) in [6, 6.07) is 5.20. The molecule has 0 aliphatic rings. The molecule has 1 unspecified atom stereocenters. The second-order valence-corrected chi connectivity index (χ2v) is 6.15. The van der Waals surface area contributed by atoms with Crippen molar-refractivity contribution in [2.24, 2.45) is 0 Å². The van der Waals surface area contributed by atoms with Gasteiger partial charge in [-0.05, 0) is 25.1 Å². The minimum atomic E-state index is -4.70. The first-order valence-electron chi connectivity index (χ1n) is 8.42. The number of carbonyl (C=O) groups is 1. The molecular weight excluding hydrogens is 399 g/mol. The maximum atomic E-state index is 13.1. The summed E-state index contributed by atoms with van der Waals surface area (Å²) in [7, 11) is 0. The average molecular weight is 411 g/mol. The van der Waals surface area contributed by atoms with Gasteiger partial charge in [0.1, 0.15) is 11.8 Å². The van der Waals surface area contributed by atoms with Gasteiger partial charge in [0.15, 0.2) is 5.82 Å². The van der Waals surface area contributed by atoms with Crippen LogP contribution in [0.1, 0.15) is 45.7 Å². The summed E-state index contributed by atoms with van der Waals surface area (Å²) in [5.41, 5.74) is -1.13. The summed E-state index contributed by atoms with van der Waals surface area (Å²) >= 11 is 0. The normalized spacial score (nSPS) is 11.9. The highest BCUT2D eigenvalue weighted by Gasteiger charge is 2.32. The van der Waals surface area contributed by atoms with Crippen LogP contribution in [-0.2, 0) is 6.18 Å². The summed E-state index contributed by atoms with van der Waals surface area (Å²) in [5, 5.41) is 24.5. The molecule has 1 aromatic carbocycles. The molecule has 0 bridgehead atoms. The van der Waals surface area contributed by atoms with Crippen molar-refractivity contribution in [2.75, 3.05) is 0 Å². The Labute approximate surface area is 168 Å². The monoisotopic (exact) mass is 411 g/mol. The molecule has 0 saturated heterocycles. The number of alkyl halides is 3. The van der Waals surface area contributed by atoms with E-state index in [2.05, 4.69) is 20.4 Å². The Kier molecular flexibility index (Phi) is 5.47. The van der Waals surface area contributed by atoms with Crippen molar-refractivity contribution in [1.29, 1.82) is 10.5 Å². The molecule has 0 spiro atoms. The van der Waals surface area contributed by atoms with E-state index in [-0.39, 0.29) is 28.2 Å². The number of halogens is 3. The van der Waals surface area contributed by atoms with E-state index in [9.17, 15) is 18.0 Å². The fraction of sp³-hybridized carbons (Fsp3) is 0.158. The van der Waals surface area contributed by atoms with Gasteiger partial charge in [0.05, 0.1) is 41.2 Å². The maximum Gasteiger partial charge on any atom is 0.416 e. The smallest absolute Gasteiger partial charge is 0.344 e. The Morgan fingerprint density at radius 2 is 1.83 bits per heavy atom. The summed E-state index contributed by atoms with van der Waals surface area (Å²) in [6.07, 6.45) is 0.827. The molecule has 0 fully saturated rings. The zero-order valence-electron chi connectivity index (χ0n) is 15.3. The van der Waals surface area contributed by atoms with E-state index in [0.29, 0.717) is 12.1 Å². The van der Waals surface area contributed by atoms with Crippen LogP contribution in [0.4, 0.5) is 13.2 Å². The SMILES string of the molecule is CC(NC(=O)c1cc(C#N)cc(C(F)(F)F)c1)c1nccnc1-n1cc(C#N)cn1. The lowest BCUT2D eigenvalue weighted by Gasteiger charge is -2.17. The van der Waals surface area contributed by atoms with Gasteiger partial charge in [-0.15, -0.1) is 0 Å². The van der Waals surface area contributed by atoms with Crippen molar-refractivity contribution >= 4 is 5.91 Å². The molecule has 2 heterocycles. The van der Waals surface area contributed by atoms with E-state index in [1.807, 2.05) is 6.07 Å². The maximum absolute atomic E-state index is 13.1. The molecule has 8 nitrogen and oxygen atoms in total. The summed E-state index contributed by atoms with van der Waals surface area (Å²) in [4.78, 5) is 20.9. The fourth-order valence-corrected chi connectivity index (χ4v) is 2.66.